The van der Waals surface area contributed by atoms with Crippen LogP contribution in [0, 0.1) is 5.92 Å². The van der Waals surface area contributed by atoms with Crippen LogP contribution in [0.4, 0.5) is 5.95 Å². The molecule has 8 heteroatoms. The van der Waals surface area contributed by atoms with Crippen LogP contribution in [0.25, 0.3) is 5.69 Å². The van der Waals surface area contributed by atoms with Crippen LogP contribution in [0.5, 0.6) is 0 Å². The van der Waals surface area contributed by atoms with Crippen LogP contribution >= 0.6 is 23.4 Å². The van der Waals surface area contributed by atoms with Crippen LogP contribution < -0.4 is 10.2 Å². The molecule has 2 heterocycles. The number of thioether (sulfide) groups is 1. The Morgan fingerprint density at radius 2 is 2.00 bits per heavy atom. The van der Waals surface area contributed by atoms with E-state index in [1.807, 2.05) is 28.8 Å². The second-order valence-electron chi connectivity index (χ2n) is 6.75. The number of hydrogen-bond donors (Lipinski definition) is 1. The fraction of sp³-hybridized carbons (Fsp3) is 0.500. The third-order valence-corrected chi connectivity index (χ3v) is 5.39. The average Bonchev–Trinajstić information content (AvgIpc) is 3.28. The molecule has 1 aromatic heterocycles. The summed E-state index contributed by atoms with van der Waals surface area (Å²) in [5.41, 5.74) is 0.839. The van der Waals surface area contributed by atoms with Gasteiger partial charge in [-0.1, -0.05) is 49.3 Å². The Morgan fingerprint density at radius 3 is 2.69 bits per heavy atom. The molecule has 1 fully saturated rings. The van der Waals surface area contributed by atoms with E-state index in [1.165, 1.54) is 11.8 Å². The number of carbonyl (C=O) groups is 1. The average molecular weight is 394 g/mol. The number of benzene rings is 1. The lowest BCUT2D eigenvalue weighted by Gasteiger charge is -2.19. The zero-order valence-electron chi connectivity index (χ0n) is 15.1. The summed E-state index contributed by atoms with van der Waals surface area (Å²) in [6, 6.07) is 7.65. The maximum atomic E-state index is 12.1. The van der Waals surface area contributed by atoms with Crippen LogP contribution in [-0.2, 0) is 4.79 Å². The highest BCUT2D eigenvalue weighted by Gasteiger charge is 2.23. The minimum Gasteiger partial charge on any atom is -0.355 e. The minimum absolute atomic E-state index is 0.000121. The van der Waals surface area contributed by atoms with Crippen LogP contribution in [0.15, 0.2) is 29.4 Å². The van der Waals surface area contributed by atoms with Crippen molar-refractivity contribution in [2.75, 3.05) is 30.3 Å². The van der Waals surface area contributed by atoms with Crippen molar-refractivity contribution in [3.05, 3.63) is 29.3 Å². The Bertz CT molecular complexity index is 758. The van der Waals surface area contributed by atoms with Crippen molar-refractivity contribution in [3.8, 4) is 5.69 Å². The van der Waals surface area contributed by atoms with E-state index in [4.69, 9.17) is 11.6 Å². The number of amides is 1. The second-order valence-corrected chi connectivity index (χ2v) is 8.10. The van der Waals surface area contributed by atoms with E-state index in [1.54, 1.807) is 0 Å². The van der Waals surface area contributed by atoms with Gasteiger partial charge in [0.2, 0.25) is 11.9 Å². The molecule has 0 saturated carbocycles. The van der Waals surface area contributed by atoms with E-state index in [0.717, 1.165) is 37.6 Å². The van der Waals surface area contributed by atoms with Gasteiger partial charge in [-0.05, 0) is 30.9 Å². The molecule has 1 saturated heterocycles. The van der Waals surface area contributed by atoms with Gasteiger partial charge in [0.05, 0.1) is 16.5 Å². The van der Waals surface area contributed by atoms with Crippen molar-refractivity contribution in [1.82, 2.24) is 20.1 Å². The highest BCUT2D eigenvalue weighted by Crippen LogP contribution is 2.31. The number of aromatic nitrogens is 3. The van der Waals surface area contributed by atoms with Crippen molar-refractivity contribution >= 4 is 35.2 Å². The van der Waals surface area contributed by atoms with Crippen molar-refractivity contribution in [2.45, 2.75) is 31.8 Å². The van der Waals surface area contributed by atoms with Gasteiger partial charge < -0.3 is 10.2 Å². The zero-order chi connectivity index (χ0) is 18.5. The maximum absolute atomic E-state index is 12.1. The van der Waals surface area contributed by atoms with E-state index >= 15 is 0 Å². The Morgan fingerprint density at radius 1 is 1.27 bits per heavy atom. The zero-order valence-corrected chi connectivity index (χ0v) is 16.7. The maximum Gasteiger partial charge on any atom is 0.232 e. The Labute approximate surface area is 163 Å². The molecule has 1 aromatic carbocycles. The molecule has 0 spiro atoms. The summed E-state index contributed by atoms with van der Waals surface area (Å²) < 4.78 is 1.97. The molecule has 3 rings (SSSR count). The molecule has 0 aliphatic carbocycles. The lowest BCUT2D eigenvalue weighted by Crippen LogP contribution is -2.28. The molecule has 1 aliphatic rings. The van der Waals surface area contributed by atoms with Gasteiger partial charge in [0.1, 0.15) is 0 Å². The molecule has 26 heavy (non-hydrogen) atoms. The molecule has 1 amide bonds. The first-order valence-electron chi connectivity index (χ1n) is 8.91. The van der Waals surface area contributed by atoms with E-state index < -0.39 is 0 Å². The van der Waals surface area contributed by atoms with E-state index in [0.29, 0.717) is 28.4 Å². The van der Waals surface area contributed by atoms with E-state index in [9.17, 15) is 4.79 Å². The molecular formula is C18H24ClN5OS. The first-order chi connectivity index (χ1) is 12.6. The Balaban J connectivity index is 1.83. The smallest absolute Gasteiger partial charge is 0.232 e. The van der Waals surface area contributed by atoms with E-state index in [2.05, 4.69) is 34.3 Å². The van der Waals surface area contributed by atoms with Gasteiger partial charge in [-0.2, -0.15) is 0 Å². The number of para-hydroxylation sites is 1. The van der Waals surface area contributed by atoms with Crippen molar-refractivity contribution in [2.24, 2.45) is 5.92 Å². The predicted molar refractivity (Wildman–Crippen MR) is 106 cm³/mol. The third-order valence-electron chi connectivity index (χ3n) is 4.14. The van der Waals surface area contributed by atoms with Crippen LogP contribution in [0.2, 0.25) is 5.02 Å². The van der Waals surface area contributed by atoms with Gasteiger partial charge in [-0.25, -0.2) is 0 Å². The van der Waals surface area contributed by atoms with Gasteiger partial charge in [0.15, 0.2) is 5.16 Å². The molecule has 6 nitrogen and oxygen atoms in total. The molecule has 2 aromatic rings. The monoisotopic (exact) mass is 393 g/mol. The van der Waals surface area contributed by atoms with Gasteiger partial charge in [0.25, 0.3) is 0 Å². The van der Waals surface area contributed by atoms with Gasteiger partial charge >= 0.3 is 0 Å². The molecule has 1 aliphatic heterocycles. The fourth-order valence-electron chi connectivity index (χ4n) is 2.82. The summed E-state index contributed by atoms with van der Waals surface area (Å²) in [6.45, 7) is 6.74. The Kier molecular flexibility index (Phi) is 6.43. The normalized spacial score (nSPS) is 14.2. The van der Waals surface area contributed by atoms with Crippen molar-refractivity contribution < 1.29 is 4.79 Å². The number of anilines is 1. The van der Waals surface area contributed by atoms with Crippen molar-refractivity contribution in [3.63, 3.8) is 0 Å². The molecule has 140 valence electrons. The lowest BCUT2D eigenvalue weighted by atomic mass is 10.2. The number of hydrogen-bond acceptors (Lipinski definition) is 5. The third kappa shape index (κ3) is 4.51. The van der Waals surface area contributed by atoms with Crippen molar-refractivity contribution in [1.29, 1.82) is 0 Å². The topological polar surface area (TPSA) is 63.1 Å². The highest BCUT2D eigenvalue weighted by atomic mass is 35.5. The van der Waals surface area contributed by atoms with Crippen LogP contribution in [-0.4, -0.2) is 46.1 Å². The second kappa shape index (κ2) is 8.77. The summed E-state index contributed by atoms with van der Waals surface area (Å²) in [6.07, 6.45) is 2.30. The quantitative estimate of drug-likeness (QED) is 0.730. The molecule has 0 bridgehead atoms. The number of halogens is 1. The lowest BCUT2D eigenvalue weighted by molar-refractivity contribution is -0.118. The van der Waals surface area contributed by atoms with Crippen LogP contribution in [0.1, 0.15) is 26.7 Å². The Hall–Kier alpha value is -1.73. The van der Waals surface area contributed by atoms with Gasteiger partial charge in [0, 0.05) is 19.6 Å². The summed E-state index contributed by atoms with van der Waals surface area (Å²) in [4.78, 5) is 14.3. The summed E-state index contributed by atoms with van der Waals surface area (Å²) in [5.74, 6) is 1.52. The largest absolute Gasteiger partial charge is 0.355 e. The molecule has 0 unspecified atom stereocenters. The fourth-order valence-corrected chi connectivity index (χ4v) is 3.81. The SMILES string of the molecule is CC(C)CNC(=O)CSc1nnc(N2CCCC2)n1-c1ccccc1Cl. The number of nitrogens with zero attached hydrogens (tertiary/aromatic N) is 4. The number of nitrogens with one attached hydrogen (secondary N) is 1. The van der Waals surface area contributed by atoms with Gasteiger partial charge in [-0.3, -0.25) is 9.36 Å². The van der Waals surface area contributed by atoms with Crippen LogP contribution in [0.3, 0.4) is 0 Å². The molecular weight excluding hydrogens is 370 g/mol. The van der Waals surface area contributed by atoms with E-state index in [-0.39, 0.29) is 5.91 Å². The summed E-state index contributed by atoms with van der Waals surface area (Å²) in [7, 11) is 0. The first kappa shape index (κ1) is 19.0. The first-order valence-corrected chi connectivity index (χ1v) is 10.3. The summed E-state index contributed by atoms with van der Waals surface area (Å²) in [5, 5.41) is 13.0. The summed E-state index contributed by atoms with van der Waals surface area (Å²) >= 11 is 7.81. The number of carbonyl (C=O) groups excluding carboxylic acids is 1. The molecule has 0 radical (unpaired) electrons. The molecule has 0 atom stereocenters. The number of rotatable bonds is 7. The minimum atomic E-state index is 0.000121. The molecule has 1 N–H and O–H groups in total. The predicted octanol–water partition coefficient (Wildman–Crippen LogP) is 3.39. The standard InChI is InChI=1S/C18H24ClN5OS/c1-13(2)11-20-16(25)12-26-18-22-21-17(23-9-5-6-10-23)24(18)15-8-4-3-7-14(15)19/h3-4,7-8,13H,5-6,9-12H2,1-2H3,(H,20,25). The van der Waals surface area contributed by atoms with Gasteiger partial charge in [-0.15, -0.1) is 10.2 Å². The highest BCUT2D eigenvalue weighted by molar-refractivity contribution is 7.99.